The Balaban J connectivity index is 1.90. The van der Waals surface area contributed by atoms with Gasteiger partial charge in [-0.05, 0) is 43.3 Å². The highest BCUT2D eigenvalue weighted by Crippen LogP contribution is 2.18. The number of rotatable bonds is 5. The molecule has 0 spiro atoms. The minimum absolute atomic E-state index is 0.0897. The number of carbonyl (C=O) groups excluding carboxylic acids is 2. The van der Waals surface area contributed by atoms with Gasteiger partial charge in [0.05, 0.1) is 7.11 Å². The molecule has 0 bridgehead atoms. The highest BCUT2D eigenvalue weighted by Gasteiger charge is 2.14. The largest absolute Gasteiger partial charge is 0.497 e. The van der Waals surface area contributed by atoms with E-state index in [1.807, 2.05) is 25.1 Å². The normalized spacial score (nSPS) is 10.3. The molecule has 0 heterocycles. The minimum Gasteiger partial charge on any atom is -0.497 e. The molecule has 124 valence electrons. The second-order valence-corrected chi connectivity index (χ2v) is 5.84. The number of hydrogen-bond donors (Lipinski definition) is 0. The molecule has 3 nitrogen and oxygen atoms in total. The molecule has 0 aromatic heterocycles. The van der Waals surface area contributed by atoms with Crippen molar-refractivity contribution in [2.75, 3.05) is 7.11 Å². The van der Waals surface area contributed by atoms with E-state index in [-0.39, 0.29) is 11.6 Å². The summed E-state index contributed by atoms with van der Waals surface area (Å²) in [5.41, 5.74) is 3.19. The third-order valence-corrected chi connectivity index (χ3v) is 4.02. The van der Waals surface area contributed by atoms with Crippen molar-refractivity contribution in [3.8, 4) is 5.75 Å². The fourth-order valence-corrected chi connectivity index (χ4v) is 2.66. The van der Waals surface area contributed by atoms with E-state index < -0.39 is 0 Å². The van der Waals surface area contributed by atoms with Crippen LogP contribution in [0.5, 0.6) is 5.75 Å². The van der Waals surface area contributed by atoms with Gasteiger partial charge in [-0.2, -0.15) is 0 Å². The molecule has 0 N–H and O–H groups in total. The van der Waals surface area contributed by atoms with Gasteiger partial charge in [0.2, 0.25) is 0 Å². The zero-order valence-corrected chi connectivity index (χ0v) is 14.2. The lowest BCUT2D eigenvalue weighted by atomic mass is 9.97. The summed E-state index contributed by atoms with van der Waals surface area (Å²) in [6.07, 6.45) is 0. The number of methoxy groups -OCH3 is 1. The average molecular weight is 330 g/mol. The van der Waals surface area contributed by atoms with Gasteiger partial charge in [-0.3, -0.25) is 9.59 Å². The van der Waals surface area contributed by atoms with E-state index in [1.165, 1.54) is 0 Å². The van der Waals surface area contributed by atoms with Crippen molar-refractivity contribution >= 4 is 11.6 Å². The van der Waals surface area contributed by atoms with Crippen LogP contribution in [0.4, 0.5) is 0 Å². The van der Waals surface area contributed by atoms with Crippen LogP contribution in [-0.4, -0.2) is 18.7 Å². The van der Waals surface area contributed by atoms with Crippen molar-refractivity contribution < 1.29 is 14.3 Å². The van der Waals surface area contributed by atoms with E-state index in [0.717, 1.165) is 5.56 Å². The fourth-order valence-electron chi connectivity index (χ4n) is 2.66. The molecule has 0 saturated heterocycles. The lowest BCUT2D eigenvalue weighted by Crippen LogP contribution is -2.06. The average Bonchev–Trinajstić information content (AvgIpc) is 2.67. The van der Waals surface area contributed by atoms with Gasteiger partial charge in [-0.1, -0.05) is 42.0 Å². The highest BCUT2D eigenvalue weighted by molar-refractivity contribution is 6.13. The predicted molar refractivity (Wildman–Crippen MR) is 97.5 cm³/mol. The third-order valence-electron chi connectivity index (χ3n) is 4.02. The molecular formula is C22H18O3. The molecule has 25 heavy (non-hydrogen) atoms. The SMILES string of the molecule is COc1ccc(C(=O)c2cccc(C(=O)c3cccc(C)c3)c2)cc1. The van der Waals surface area contributed by atoms with E-state index in [1.54, 1.807) is 61.7 Å². The van der Waals surface area contributed by atoms with E-state index in [4.69, 9.17) is 4.74 Å². The Morgan fingerprint density at radius 2 is 1.20 bits per heavy atom. The number of carbonyl (C=O) groups is 2. The van der Waals surface area contributed by atoms with Gasteiger partial charge in [0.15, 0.2) is 11.6 Å². The molecule has 0 atom stereocenters. The van der Waals surface area contributed by atoms with Crippen LogP contribution in [-0.2, 0) is 0 Å². The maximum Gasteiger partial charge on any atom is 0.193 e. The van der Waals surface area contributed by atoms with Crippen LogP contribution in [0.3, 0.4) is 0 Å². The fraction of sp³-hybridized carbons (Fsp3) is 0.0909. The van der Waals surface area contributed by atoms with Gasteiger partial charge in [0, 0.05) is 22.3 Å². The first kappa shape index (κ1) is 16.7. The first-order valence-electron chi connectivity index (χ1n) is 7.98. The van der Waals surface area contributed by atoms with Crippen LogP contribution in [0.2, 0.25) is 0 Å². The van der Waals surface area contributed by atoms with Crippen molar-refractivity contribution in [3.05, 3.63) is 101 Å². The summed E-state index contributed by atoms with van der Waals surface area (Å²) in [7, 11) is 1.58. The molecule has 0 aliphatic heterocycles. The summed E-state index contributed by atoms with van der Waals surface area (Å²) in [6, 6.07) is 21.2. The zero-order chi connectivity index (χ0) is 17.8. The molecular weight excluding hydrogens is 312 g/mol. The van der Waals surface area contributed by atoms with Gasteiger partial charge in [-0.15, -0.1) is 0 Å². The minimum atomic E-state index is -0.124. The van der Waals surface area contributed by atoms with Crippen molar-refractivity contribution in [2.45, 2.75) is 6.92 Å². The van der Waals surface area contributed by atoms with Gasteiger partial charge >= 0.3 is 0 Å². The summed E-state index contributed by atoms with van der Waals surface area (Å²) in [6.45, 7) is 1.94. The number of ketones is 2. The van der Waals surface area contributed by atoms with Gasteiger partial charge < -0.3 is 4.74 Å². The molecule has 0 saturated carbocycles. The molecule has 0 aliphatic rings. The summed E-state index contributed by atoms with van der Waals surface area (Å²) < 4.78 is 5.11. The van der Waals surface area contributed by atoms with Gasteiger partial charge in [0.1, 0.15) is 5.75 Å². The summed E-state index contributed by atoms with van der Waals surface area (Å²) >= 11 is 0. The Kier molecular flexibility index (Phi) is 4.75. The molecule has 3 heteroatoms. The molecule has 3 aromatic rings. The summed E-state index contributed by atoms with van der Waals surface area (Å²) in [5, 5.41) is 0. The molecule has 3 aromatic carbocycles. The molecule has 0 amide bonds. The first-order chi connectivity index (χ1) is 12.1. The maximum atomic E-state index is 12.7. The highest BCUT2D eigenvalue weighted by atomic mass is 16.5. The number of hydrogen-bond acceptors (Lipinski definition) is 3. The quantitative estimate of drug-likeness (QED) is 0.649. The van der Waals surface area contributed by atoms with Crippen LogP contribution in [0, 0.1) is 6.92 Å². The molecule has 0 fully saturated rings. The summed E-state index contributed by atoms with van der Waals surface area (Å²) in [4.78, 5) is 25.3. The van der Waals surface area contributed by atoms with E-state index in [9.17, 15) is 9.59 Å². The first-order valence-corrected chi connectivity index (χ1v) is 7.98. The summed E-state index contributed by atoms with van der Waals surface area (Å²) in [5.74, 6) is 0.481. The van der Waals surface area contributed by atoms with Crippen molar-refractivity contribution in [3.63, 3.8) is 0 Å². The van der Waals surface area contributed by atoms with E-state index in [0.29, 0.717) is 28.0 Å². The van der Waals surface area contributed by atoms with Crippen LogP contribution in [0.15, 0.2) is 72.8 Å². The lowest BCUT2D eigenvalue weighted by Gasteiger charge is -2.06. The molecule has 0 aliphatic carbocycles. The van der Waals surface area contributed by atoms with Crippen LogP contribution < -0.4 is 4.74 Å². The molecule has 3 rings (SSSR count). The number of aryl methyl sites for hydroxylation is 1. The van der Waals surface area contributed by atoms with Crippen LogP contribution in [0.1, 0.15) is 37.4 Å². The van der Waals surface area contributed by atoms with E-state index >= 15 is 0 Å². The van der Waals surface area contributed by atoms with Crippen molar-refractivity contribution in [2.24, 2.45) is 0 Å². The van der Waals surface area contributed by atoms with Gasteiger partial charge in [-0.25, -0.2) is 0 Å². The Bertz CT molecular complexity index is 924. The monoisotopic (exact) mass is 330 g/mol. The maximum absolute atomic E-state index is 12.7. The number of ether oxygens (including phenoxy) is 1. The predicted octanol–water partition coefficient (Wildman–Crippen LogP) is 4.47. The Hall–Kier alpha value is -3.20. The smallest absolute Gasteiger partial charge is 0.193 e. The lowest BCUT2D eigenvalue weighted by molar-refractivity contribution is 0.103. The van der Waals surface area contributed by atoms with Crippen LogP contribution >= 0.6 is 0 Å². The molecule has 0 radical (unpaired) electrons. The number of benzene rings is 3. The second-order valence-electron chi connectivity index (χ2n) is 5.84. The Labute approximate surface area is 146 Å². The van der Waals surface area contributed by atoms with Crippen molar-refractivity contribution in [1.82, 2.24) is 0 Å². The topological polar surface area (TPSA) is 43.4 Å². The van der Waals surface area contributed by atoms with Crippen molar-refractivity contribution in [1.29, 1.82) is 0 Å². The Morgan fingerprint density at radius 3 is 1.76 bits per heavy atom. The van der Waals surface area contributed by atoms with Crippen LogP contribution in [0.25, 0.3) is 0 Å². The molecule has 0 unspecified atom stereocenters. The standard InChI is InChI=1S/C22H18O3/c1-15-5-3-6-17(13-15)22(24)19-8-4-7-18(14-19)21(23)16-9-11-20(25-2)12-10-16/h3-14H,1-2H3. The zero-order valence-electron chi connectivity index (χ0n) is 14.2. The second kappa shape index (κ2) is 7.14. The van der Waals surface area contributed by atoms with Gasteiger partial charge in [0.25, 0.3) is 0 Å². The Morgan fingerprint density at radius 1 is 0.680 bits per heavy atom. The third kappa shape index (κ3) is 3.66. The van der Waals surface area contributed by atoms with E-state index in [2.05, 4.69) is 0 Å².